The third kappa shape index (κ3) is 2.73. The minimum Gasteiger partial charge on any atom is -0.380 e. The van der Waals surface area contributed by atoms with Crippen LogP contribution < -0.4 is 11.1 Å². The molecule has 0 aromatic heterocycles. The Bertz CT molecular complexity index is 357. The summed E-state index contributed by atoms with van der Waals surface area (Å²) in [6, 6.07) is 6.02. The predicted octanol–water partition coefficient (Wildman–Crippen LogP) is 2.82. The molecule has 1 aliphatic carbocycles. The van der Waals surface area contributed by atoms with E-state index in [4.69, 9.17) is 5.73 Å². The van der Waals surface area contributed by atoms with E-state index in [1.165, 1.54) is 0 Å². The highest BCUT2D eigenvalue weighted by Gasteiger charge is 2.18. The van der Waals surface area contributed by atoms with E-state index in [1.807, 2.05) is 19.1 Å². The summed E-state index contributed by atoms with van der Waals surface area (Å²) < 4.78 is 13.6. The molecule has 0 heterocycles. The van der Waals surface area contributed by atoms with E-state index in [9.17, 15) is 4.39 Å². The van der Waals surface area contributed by atoms with Crippen LogP contribution in [-0.4, -0.2) is 12.1 Å². The predicted molar refractivity (Wildman–Crippen MR) is 65.0 cm³/mol. The van der Waals surface area contributed by atoms with Gasteiger partial charge < -0.3 is 11.1 Å². The Morgan fingerprint density at radius 2 is 1.94 bits per heavy atom. The average Bonchev–Trinajstić information content (AvgIpc) is 2.25. The molecule has 2 rings (SSSR count). The first kappa shape index (κ1) is 11.4. The van der Waals surface area contributed by atoms with Crippen molar-refractivity contribution in [1.29, 1.82) is 0 Å². The van der Waals surface area contributed by atoms with Gasteiger partial charge in [0.05, 0.1) is 5.69 Å². The second-order valence-corrected chi connectivity index (χ2v) is 4.74. The van der Waals surface area contributed by atoms with Crippen molar-refractivity contribution in [3.63, 3.8) is 0 Å². The summed E-state index contributed by atoms with van der Waals surface area (Å²) >= 11 is 0. The minimum atomic E-state index is -0.158. The lowest BCUT2D eigenvalue weighted by Gasteiger charge is -2.27. The summed E-state index contributed by atoms with van der Waals surface area (Å²) in [5.74, 6) is -0.158. The molecule has 0 atom stereocenters. The Morgan fingerprint density at radius 1 is 1.25 bits per heavy atom. The highest BCUT2D eigenvalue weighted by atomic mass is 19.1. The zero-order valence-electron chi connectivity index (χ0n) is 9.67. The molecule has 0 aliphatic heterocycles. The molecule has 0 saturated heterocycles. The number of hydrogen-bond acceptors (Lipinski definition) is 2. The largest absolute Gasteiger partial charge is 0.380 e. The SMILES string of the molecule is Cc1ccc(NC2CCC(N)CC2)c(F)c1. The summed E-state index contributed by atoms with van der Waals surface area (Å²) in [5.41, 5.74) is 7.41. The van der Waals surface area contributed by atoms with Gasteiger partial charge in [-0.05, 0) is 50.3 Å². The standard InChI is InChI=1S/C13H19FN2/c1-9-2-7-13(12(14)8-9)16-11-5-3-10(15)4-6-11/h2,7-8,10-11,16H,3-6,15H2,1H3. The first-order chi connectivity index (χ1) is 7.65. The fourth-order valence-corrected chi connectivity index (χ4v) is 2.22. The molecule has 3 N–H and O–H groups in total. The van der Waals surface area contributed by atoms with E-state index in [1.54, 1.807) is 6.07 Å². The molecule has 1 fully saturated rings. The van der Waals surface area contributed by atoms with Gasteiger partial charge in [0, 0.05) is 12.1 Å². The van der Waals surface area contributed by atoms with Gasteiger partial charge >= 0.3 is 0 Å². The van der Waals surface area contributed by atoms with Crippen LogP contribution in [0.2, 0.25) is 0 Å². The van der Waals surface area contributed by atoms with Crippen molar-refractivity contribution in [2.24, 2.45) is 5.73 Å². The Hall–Kier alpha value is -1.09. The van der Waals surface area contributed by atoms with Crippen LogP contribution in [0.15, 0.2) is 18.2 Å². The van der Waals surface area contributed by atoms with E-state index in [2.05, 4.69) is 5.32 Å². The second-order valence-electron chi connectivity index (χ2n) is 4.74. The first-order valence-corrected chi connectivity index (χ1v) is 5.93. The third-order valence-electron chi connectivity index (χ3n) is 3.26. The smallest absolute Gasteiger partial charge is 0.146 e. The van der Waals surface area contributed by atoms with Crippen LogP contribution in [0.4, 0.5) is 10.1 Å². The maximum absolute atomic E-state index is 13.6. The molecular weight excluding hydrogens is 203 g/mol. The number of benzene rings is 1. The molecule has 2 nitrogen and oxygen atoms in total. The normalized spacial score (nSPS) is 25.4. The van der Waals surface area contributed by atoms with Crippen molar-refractivity contribution in [3.05, 3.63) is 29.6 Å². The molecule has 0 unspecified atom stereocenters. The minimum absolute atomic E-state index is 0.158. The van der Waals surface area contributed by atoms with Crippen molar-refractivity contribution in [2.75, 3.05) is 5.32 Å². The first-order valence-electron chi connectivity index (χ1n) is 5.93. The summed E-state index contributed by atoms with van der Waals surface area (Å²) in [4.78, 5) is 0. The van der Waals surface area contributed by atoms with E-state index < -0.39 is 0 Å². The molecule has 0 spiro atoms. The average molecular weight is 222 g/mol. The molecule has 3 heteroatoms. The Labute approximate surface area is 96.0 Å². The van der Waals surface area contributed by atoms with Crippen LogP contribution in [0.5, 0.6) is 0 Å². The van der Waals surface area contributed by atoms with Gasteiger partial charge in [0.25, 0.3) is 0 Å². The van der Waals surface area contributed by atoms with E-state index in [-0.39, 0.29) is 5.82 Å². The summed E-state index contributed by atoms with van der Waals surface area (Å²) in [5, 5.41) is 3.27. The molecule has 0 bridgehead atoms. The van der Waals surface area contributed by atoms with E-state index in [0.717, 1.165) is 31.2 Å². The summed E-state index contributed by atoms with van der Waals surface area (Å²) in [6.07, 6.45) is 4.14. The Kier molecular flexibility index (Phi) is 3.44. The van der Waals surface area contributed by atoms with Gasteiger partial charge in [0.1, 0.15) is 5.82 Å². The number of nitrogens with two attached hydrogens (primary N) is 1. The van der Waals surface area contributed by atoms with Gasteiger partial charge in [-0.1, -0.05) is 6.07 Å². The highest BCUT2D eigenvalue weighted by Crippen LogP contribution is 2.23. The van der Waals surface area contributed by atoms with Crippen LogP contribution in [-0.2, 0) is 0 Å². The highest BCUT2D eigenvalue weighted by molar-refractivity contribution is 5.47. The molecule has 1 saturated carbocycles. The van der Waals surface area contributed by atoms with Crippen molar-refractivity contribution in [2.45, 2.75) is 44.7 Å². The second kappa shape index (κ2) is 4.83. The van der Waals surface area contributed by atoms with Gasteiger partial charge in [-0.2, -0.15) is 0 Å². The van der Waals surface area contributed by atoms with Crippen molar-refractivity contribution in [1.82, 2.24) is 0 Å². The van der Waals surface area contributed by atoms with Crippen LogP contribution in [0, 0.1) is 12.7 Å². The monoisotopic (exact) mass is 222 g/mol. The quantitative estimate of drug-likeness (QED) is 0.807. The summed E-state index contributed by atoms with van der Waals surface area (Å²) in [7, 11) is 0. The lowest BCUT2D eigenvalue weighted by atomic mass is 9.91. The molecule has 16 heavy (non-hydrogen) atoms. The zero-order valence-corrected chi connectivity index (χ0v) is 9.67. The van der Waals surface area contributed by atoms with Gasteiger partial charge in [-0.25, -0.2) is 4.39 Å². The van der Waals surface area contributed by atoms with Gasteiger partial charge in [0.2, 0.25) is 0 Å². The van der Waals surface area contributed by atoms with E-state index in [0.29, 0.717) is 17.8 Å². The fourth-order valence-electron chi connectivity index (χ4n) is 2.22. The maximum atomic E-state index is 13.6. The van der Waals surface area contributed by atoms with E-state index >= 15 is 0 Å². The van der Waals surface area contributed by atoms with Crippen molar-refractivity contribution in [3.8, 4) is 0 Å². The molecule has 1 aromatic carbocycles. The number of anilines is 1. The fraction of sp³-hybridized carbons (Fsp3) is 0.538. The summed E-state index contributed by atoms with van der Waals surface area (Å²) in [6.45, 7) is 1.90. The van der Waals surface area contributed by atoms with Crippen LogP contribution >= 0.6 is 0 Å². The van der Waals surface area contributed by atoms with Crippen molar-refractivity contribution >= 4 is 5.69 Å². The number of rotatable bonds is 2. The topological polar surface area (TPSA) is 38.0 Å². The molecule has 0 radical (unpaired) electrons. The molecular formula is C13H19FN2. The van der Waals surface area contributed by atoms with Crippen LogP contribution in [0.3, 0.4) is 0 Å². The third-order valence-corrected chi connectivity index (χ3v) is 3.26. The Morgan fingerprint density at radius 3 is 2.56 bits per heavy atom. The number of halogens is 1. The van der Waals surface area contributed by atoms with Gasteiger partial charge in [0.15, 0.2) is 0 Å². The molecule has 1 aliphatic rings. The molecule has 1 aromatic rings. The zero-order chi connectivity index (χ0) is 11.5. The van der Waals surface area contributed by atoms with Crippen molar-refractivity contribution < 1.29 is 4.39 Å². The van der Waals surface area contributed by atoms with Crippen LogP contribution in [0.25, 0.3) is 0 Å². The van der Waals surface area contributed by atoms with Gasteiger partial charge in [-0.3, -0.25) is 0 Å². The molecule has 0 amide bonds. The van der Waals surface area contributed by atoms with Crippen LogP contribution in [0.1, 0.15) is 31.2 Å². The number of hydrogen-bond donors (Lipinski definition) is 2. The molecule has 88 valence electrons. The lowest BCUT2D eigenvalue weighted by molar-refractivity contribution is 0.410. The number of aryl methyl sites for hydroxylation is 1. The number of nitrogens with one attached hydrogen (secondary N) is 1. The van der Waals surface area contributed by atoms with Gasteiger partial charge in [-0.15, -0.1) is 0 Å². The Balaban J connectivity index is 1.98. The lowest BCUT2D eigenvalue weighted by Crippen LogP contribution is -2.33. The maximum Gasteiger partial charge on any atom is 0.146 e.